The van der Waals surface area contributed by atoms with Gasteiger partial charge in [-0.1, -0.05) is 20.8 Å². The van der Waals surface area contributed by atoms with Crippen LogP contribution in [0, 0.1) is 13.8 Å². The Labute approximate surface area is 143 Å². The number of nitrogens with one attached hydrogen (secondary N) is 1. The second-order valence-electron chi connectivity index (χ2n) is 7.81. The number of nitrogens with zero attached hydrogens (tertiary/aromatic N) is 4. The lowest BCUT2D eigenvalue weighted by Gasteiger charge is -2.19. The van der Waals surface area contributed by atoms with Crippen LogP contribution in [0.3, 0.4) is 0 Å². The highest BCUT2D eigenvalue weighted by atomic mass is 16.5. The van der Waals surface area contributed by atoms with Crippen molar-refractivity contribution in [3.8, 4) is 5.88 Å². The van der Waals surface area contributed by atoms with Crippen LogP contribution < -0.4 is 4.74 Å². The van der Waals surface area contributed by atoms with Crippen molar-refractivity contribution in [3.63, 3.8) is 0 Å². The van der Waals surface area contributed by atoms with E-state index < -0.39 is 0 Å². The van der Waals surface area contributed by atoms with Gasteiger partial charge in [0.1, 0.15) is 11.9 Å². The average molecular weight is 329 g/mol. The molecule has 0 radical (unpaired) electrons. The number of hydrogen-bond acceptors (Lipinski definition) is 5. The van der Waals surface area contributed by atoms with Crippen LogP contribution in [0.2, 0.25) is 0 Å². The Hall–Kier alpha value is -1.95. The Balaban J connectivity index is 1.59. The van der Waals surface area contributed by atoms with Crippen LogP contribution in [0.4, 0.5) is 0 Å². The second-order valence-corrected chi connectivity index (χ2v) is 7.81. The summed E-state index contributed by atoms with van der Waals surface area (Å²) in [7, 11) is 2.10. The maximum absolute atomic E-state index is 6.02. The average Bonchev–Trinajstić information content (AvgIpc) is 3.04. The van der Waals surface area contributed by atoms with Crippen molar-refractivity contribution in [2.45, 2.75) is 59.1 Å². The van der Waals surface area contributed by atoms with Crippen LogP contribution in [-0.4, -0.2) is 44.8 Å². The molecule has 3 heterocycles. The van der Waals surface area contributed by atoms with Gasteiger partial charge < -0.3 is 4.74 Å². The van der Waals surface area contributed by atoms with Crippen molar-refractivity contribution >= 4 is 0 Å². The van der Waals surface area contributed by atoms with Crippen LogP contribution >= 0.6 is 0 Å². The quantitative estimate of drug-likeness (QED) is 0.934. The molecule has 6 nitrogen and oxygen atoms in total. The SMILES string of the molecule is Cc1nc(C)c2c(n1)OC(CN(C)Cc1cc(C(C)(C)C)n[nH]1)C2. The molecule has 1 N–H and O–H groups in total. The third kappa shape index (κ3) is 3.59. The molecular weight excluding hydrogens is 302 g/mol. The highest BCUT2D eigenvalue weighted by Gasteiger charge is 2.28. The summed E-state index contributed by atoms with van der Waals surface area (Å²) in [6, 6.07) is 2.15. The van der Waals surface area contributed by atoms with Crippen molar-refractivity contribution in [2.24, 2.45) is 0 Å². The molecule has 0 aliphatic carbocycles. The van der Waals surface area contributed by atoms with Crippen molar-refractivity contribution < 1.29 is 4.74 Å². The van der Waals surface area contributed by atoms with Crippen molar-refractivity contribution in [3.05, 3.63) is 34.5 Å². The summed E-state index contributed by atoms with van der Waals surface area (Å²) >= 11 is 0. The predicted molar refractivity (Wildman–Crippen MR) is 93.2 cm³/mol. The molecule has 6 heteroatoms. The Kier molecular flexibility index (Phi) is 4.34. The van der Waals surface area contributed by atoms with Gasteiger partial charge in [0.15, 0.2) is 0 Å². The summed E-state index contributed by atoms with van der Waals surface area (Å²) < 4.78 is 6.02. The fourth-order valence-electron chi connectivity index (χ4n) is 3.10. The van der Waals surface area contributed by atoms with E-state index in [2.05, 4.69) is 59.0 Å². The van der Waals surface area contributed by atoms with E-state index in [1.165, 1.54) is 0 Å². The maximum Gasteiger partial charge on any atom is 0.220 e. The summed E-state index contributed by atoms with van der Waals surface area (Å²) in [4.78, 5) is 11.1. The molecule has 24 heavy (non-hydrogen) atoms. The first-order valence-electron chi connectivity index (χ1n) is 8.46. The largest absolute Gasteiger partial charge is 0.472 e. The summed E-state index contributed by atoms with van der Waals surface area (Å²) in [5.41, 5.74) is 4.47. The van der Waals surface area contributed by atoms with E-state index in [9.17, 15) is 0 Å². The smallest absolute Gasteiger partial charge is 0.220 e. The van der Waals surface area contributed by atoms with Gasteiger partial charge in [0.05, 0.1) is 5.69 Å². The second kappa shape index (κ2) is 6.16. The summed E-state index contributed by atoms with van der Waals surface area (Å²) in [6.45, 7) is 12.1. The van der Waals surface area contributed by atoms with Gasteiger partial charge in [0.25, 0.3) is 0 Å². The van der Waals surface area contributed by atoms with Crippen molar-refractivity contribution in [2.75, 3.05) is 13.6 Å². The van der Waals surface area contributed by atoms with E-state index in [4.69, 9.17) is 4.74 Å². The Bertz CT molecular complexity index is 731. The van der Waals surface area contributed by atoms with E-state index in [1.54, 1.807) is 0 Å². The highest BCUT2D eigenvalue weighted by molar-refractivity contribution is 5.34. The van der Waals surface area contributed by atoms with Gasteiger partial charge in [0, 0.05) is 41.9 Å². The Morgan fingerprint density at radius 1 is 1.29 bits per heavy atom. The van der Waals surface area contributed by atoms with Gasteiger partial charge >= 0.3 is 0 Å². The molecule has 1 unspecified atom stereocenters. The first-order chi connectivity index (χ1) is 11.2. The Morgan fingerprint density at radius 3 is 2.71 bits per heavy atom. The van der Waals surface area contributed by atoms with Crippen molar-refractivity contribution in [1.82, 2.24) is 25.1 Å². The van der Waals surface area contributed by atoms with Gasteiger partial charge in [-0.15, -0.1) is 0 Å². The minimum atomic E-state index is 0.0670. The molecule has 0 saturated carbocycles. The fraction of sp³-hybridized carbons (Fsp3) is 0.611. The first-order valence-corrected chi connectivity index (χ1v) is 8.46. The number of H-pyrrole nitrogens is 1. The molecule has 1 atom stereocenters. The zero-order chi connectivity index (χ0) is 17.5. The molecule has 0 spiro atoms. The van der Waals surface area contributed by atoms with Gasteiger partial charge in [-0.25, -0.2) is 4.98 Å². The molecule has 1 aliphatic heterocycles. The zero-order valence-corrected chi connectivity index (χ0v) is 15.5. The summed E-state index contributed by atoms with van der Waals surface area (Å²) in [5, 5.41) is 7.57. The van der Waals surface area contributed by atoms with Crippen molar-refractivity contribution in [1.29, 1.82) is 0 Å². The lowest BCUT2D eigenvalue weighted by molar-refractivity contribution is 0.160. The zero-order valence-electron chi connectivity index (χ0n) is 15.5. The summed E-state index contributed by atoms with van der Waals surface area (Å²) in [6.07, 6.45) is 1.01. The van der Waals surface area contributed by atoms with Gasteiger partial charge in [-0.2, -0.15) is 10.1 Å². The number of aryl methyl sites for hydroxylation is 2. The highest BCUT2D eigenvalue weighted by Crippen LogP contribution is 2.29. The molecule has 2 aromatic heterocycles. The number of fused-ring (bicyclic) bond motifs is 1. The molecule has 2 aromatic rings. The van der Waals surface area contributed by atoms with E-state index in [1.807, 2.05) is 13.8 Å². The van der Waals surface area contributed by atoms with Crippen LogP contribution in [-0.2, 0) is 18.4 Å². The normalized spacial score (nSPS) is 17.2. The maximum atomic E-state index is 6.02. The molecule has 0 fully saturated rings. The molecule has 130 valence electrons. The van der Waals surface area contributed by atoms with E-state index in [0.717, 1.165) is 53.9 Å². The molecule has 3 rings (SSSR count). The molecule has 0 amide bonds. The van der Waals surface area contributed by atoms with Crippen LogP contribution in [0.1, 0.15) is 49.2 Å². The monoisotopic (exact) mass is 329 g/mol. The van der Waals surface area contributed by atoms with Gasteiger partial charge in [-0.3, -0.25) is 10.00 Å². The summed E-state index contributed by atoms with van der Waals surface area (Å²) in [5.74, 6) is 1.53. The van der Waals surface area contributed by atoms with Crippen LogP contribution in [0.25, 0.3) is 0 Å². The number of aromatic amines is 1. The lowest BCUT2D eigenvalue weighted by Crippen LogP contribution is -2.31. The van der Waals surface area contributed by atoms with E-state index in [0.29, 0.717) is 0 Å². The lowest BCUT2D eigenvalue weighted by atomic mass is 9.92. The standard InChI is InChI=1S/C18H27N5O/c1-11-15-8-14(24-17(15)20-12(2)19-11)10-23(6)9-13-7-16(22-21-13)18(3,4)5/h7,14H,8-10H2,1-6H3,(H,21,22). The number of ether oxygens (including phenoxy) is 1. The van der Waals surface area contributed by atoms with Gasteiger partial charge in [-0.05, 0) is 27.0 Å². The van der Waals surface area contributed by atoms with Crippen LogP contribution in [0.15, 0.2) is 6.07 Å². The third-order valence-electron chi connectivity index (χ3n) is 4.35. The fourth-order valence-corrected chi connectivity index (χ4v) is 3.10. The van der Waals surface area contributed by atoms with E-state index in [-0.39, 0.29) is 11.5 Å². The molecule has 0 bridgehead atoms. The molecule has 1 aliphatic rings. The first kappa shape index (κ1) is 16.9. The minimum absolute atomic E-state index is 0.0670. The molecule has 0 aromatic carbocycles. The number of rotatable bonds is 4. The molecular formula is C18H27N5O. The number of hydrogen-bond donors (Lipinski definition) is 1. The predicted octanol–water partition coefficient (Wildman–Crippen LogP) is 2.55. The minimum Gasteiger partial charge on any atom is -0.472 e. The Morgan fingerprint density at radius 2 is 2.04 bits per heavy atom. The van der Waals surface area contributed by atoms with E-state index >= 15 is 0 Å². The van der Waals surface area contributed by atoms with Gasteiger partial charge in [0.2, 0.25) is 5.88 Å². The number of aromatic nitrogens is 4. The molecule has 0 saturated heterocycles. The topological polar surface area (TPSA) is 66.9 Å². The van der Waals surface area contributed by atoms with Crippen LogP contribution in [0.5, 0.6) is 5.88 Å². The number of likely N-dealkylation sites (N-methyl/N-ethyl adjacent to an activating group) is 1. The third-order valence-corrected chi connectivity index (χ3v) is 4.35.